The highest BCUT2D eigenvalue weighted by Gasteiger charge is 2.28. The lowest BCUT2D eigenvalue weighted by Crippen LogP contribution is -2.46. The third kappa shape index (κ3) is 7.11. The summed E-state index contributed by atoms with van der Waals surface area (Å²) in [5.41, 5.74) is -0.616. The monoisotopic (exact) mass is 287 g/mol. The van der Waals surface area contributed by atoms with E-state index in [1.54, 1.807) is 34.6 Å². The molecule has 0 unspecified atom stereocenters. The molecule has 0 aromatic carbocycles. The van der Waals surface area contributed by atoms with E-state index in [1.165, 1.54) is 0 Å². The van der Waals surface area contributed by atoms with E-state index in [1.807, 2.05) is 0 Å². The summed E-state index contributed by atoms with van der Waals surface area (Å²) in [4.78, 5) is 35.0. The lowest BCUT2D eigenvalue weighted by atomic mass is 9.95. The Bertz CT molecular complexity index is 346. The summed E-state index contributed by atoms with van der Waals surface area (Å²) in [6, 6.07) is -0.828. The fraction of sp³-hybridized carbons (Fsp3) is 0.786. The van der Waals surface area contributed by atoms with Crippen LogP contribution in [0.25, 0.3) is 0 Å². The first-order valence-corrected chi connectivity index (χ1v) is 6.85. The second-order valence-corrected chi connectivity index (χ2v) is 5.37. The molecule has 6 heteroatoms. The molecule has 0 saturated carbocycles. The van der Waals surface area contributed by atoms with Gasteiger partial charge in [0.15, 0.2) is 0 Å². The maximum absolute atomic E-state index is 11.9. The fourth-order valence-electron chi connectivity index (χ4n) is 1.36. The molecule has 116 valence electrons. The van der Waals surface area contributed by atoms with Crippen LogP contribution < -0.4 is 5.32 Å². The van der Waals surface area contributed by atoms with E-state index in [0.29, 0.717) is 0 Å². The first-order chi connectivity index (χ1) is 9.22. The van der Waals surface area contributed by atoms with Crippen molar-refractivity contribution in [2.24, 2.45) is 5.41 Å². The molecule has 0 aliphatic rings. The van der Waals surface area contributed by atoms with E-state index in [-0.39, 0.29) is 32.0 Å². The van der Waals surface area contributed by atoms with Gasteiger partial charge in [-0.2, -0.15) is 0 Å². The Labute approximate surface area is 120 Å². The van der Waals surface area contributed by atoms with E-state index in [4.69, 9.17) is 9.47 Å². The lowest BCUT2D eigenvalue weighted by molar-refractivity contribution is -0.149. The van der Waals surface area contributed by atoms with Crippen molar-refractivity contribution in [2.75, 3.05) is 13.2 Å². The number of hydrogen-bond donors (Lipinski definition) is 1. The minimum Gasteiger partial charge on any atom is -0.466 e. The number of rotatable bonds is 7. The Morgan fingerprint density at radius 3 is 2.05 bits per heavy atom. The van der Waals surface area contributed by atoms with Crippen LogP contribution in [0.15, 0.2) is 0 Å². The number of ether oxygens (including phenoxy) is 2. The molecule has 0 fully saturated rings. The van der Waals surface area contributed by atoms with E-state index in [9.17, 15) is 14.4 Å². The predicted octanol–water partition coefficient (Wildman–Crippen LogP) is 1.42. The number of hydrogen-bond acceptors (Lipinski definition) is 5. The second-order valence-electron chi connectivity index (χ2n) is 5.37. The topological polar surface area (TPSA) is 81.7 Å². The van der Waals surface area contributed by atoms with Crippen LogP contribution in [0.4, 0.5) is 0 Å². The van der Waals surface area contributed by atoms with Gasteiger partial charge in [-0.1, -0.05) is 20.8 Å². The number of carbonyl (C=O) groups is 3. The minimum absolute atomic E-state index is 0.0573. The molecule has 0 rings (SSSR count). The standard InChI is InChI=1S/C14H25NO5/c1-6-19-11(16)9-8-10(12(17)20-7-2)15-13(18)14(3,4)5/h10H,6-9H2,1-5H3,(H,15,18)/t10-/m1/s1. The molecule has 0 bridgehead atoms. The second kappa shape index (κ2) is 8.55. The van der Waals surface area contributed by atoms with Crippen molar-refractivity contribution in [3.05, 3.63) is 0 Å². The maximum Gasteiger partial charge on any atom is 0.328 e. The lowest BCUT2D eigenvalue weighted by Gasteiger charge is -2.23. The molecule has 1 atom stereocenters. The largest absolute Gasteiger partial charge is 0.466 e. The van der Waals surface area contributed by atoms with Crippen LogP contribution >= 0.6 is 0 Å². The third-order valence-electron chi connectivity index (χ3n) is 2.50. The highest BCUT2D eigenvalue weighted by atomic mass is 16.5. The van der Waals surface area contributed by atoms with E-state index >= 15 is 0 Å². The van der Waals surface area contributed by atoms with Gasteiger partial charge in [-0.05, 0) is 20.3 Å². The van der Waals surface area contributed by atoms with E-state index < -0.39 is 23.4 Å². The van der Waals surface area contributed by atoms with Gasteiger partial charge in [0.2, 0.25) is 5.91 Å². The van der Waals surface area contributed by atoms with Gasteiger partial charge >= 0.3 is 11.9 Å². The van der Waals surface area contributed by atoms with Gasteiger partial charge < -0.3 is 14.8 Å². The molecule has 20 heavy (non-hydrogen) atoms. The van der Waals surface area contributed by atoms with Crippen molar-refractivity contribution in [3.63, 3.8) is 0 Å². The van der Waals surface area contributed by atoms with Gasteiger partial charge in [-0.15, -0.1) is 0 Å². The zero-order valence-electron chi connectivity index (χ0n) is 12.9. The molecule has 0 aromatic heterocycles. The number of carbonyl (C=O) groups excluding carboxylic acids is 3. The molecule has 6 nitrogen and oxygen atoms in total. The van der Waals surface area contributed by atoms with Crippen LogP contribution in [-0.2, 0) is 23.9 Å². The van der Waals surface area contributed by atoms with Crippen molar-refractivity contribution in [2.45, 2.75) is 53.5 Å². The third-order valence-corrected chi connectivity index (χ3v) is 2.50. The molecule has 0 aliphatic carbocycles. The van der Waals surface area contributed by atoms with Gasteiger partial charge in [0, 0.05) is 11.8 Å². The highest BCUT2D eigenvalue weighted by Crippen LogP contribution is 2.14. The molecule has 0 aromatic rings. The normalized spacial score (nSPS) is 12.4. The Morgan fingerprint density at radius 2 is 1.60 bits per heavy atom. The van der Waals surface area contributed by atoms with E-state index in [0.717, 1.165) is 0 Å². The van der Waals surface area contributed by atoms with Gasteiger partial charge in [0.25, 0.3) is 0 Å². The predicted molar refractivity (Wildman–Crippen MR) is 73.9 cm³/mol. The average Bonchev–Trinajstić information content (AvgIpc) is 2.33. The van der Waals surface area contributed by atoms with Crippen LogP contribution in [0, 0.1) is 5.41 Å². The summed E-state index contributed by atoms with van der Waals surface area (Å²) in [7, 11) is 0. The number of nitrogens with one attached hydrogen (secondary N) is 1. The van der Waals surface area contributed by atoms with Crippen LogP contribution in [-0.4, -0.2) is 37.1 Å². The van der Waals surface area contributed by atoms with Crippen LogP contribution in [0.2, 0.25) is 0 Å². The van der Waals surface area contributed by atoms with Crippen molar-refractivity contribution in [1.82, 2.24) is 5.32 Å². The molecule has 1 amide bonds. The van der Waals surface area contributed by atoms with Crippen molar-refractivity contribution in [1.29, 1.82) is 0 Å². The van der Waals surface area contributed by atoms with E-state index in [2.05, 4.69) is 5.32 Å². The summed E-state index contributed by atoms with van der Waals surface area (Å²) in [6.07, 6.45) is 0.223. The summed E-state index contributed by atoms with van der Waals surface area (Å²) in [5, 5.41) is 2.62. The smallest absolute Gasteiger partial charge is 0.328 e. The zero-order valence-corrected chi connectivity index (χ0v) is 12.9. The quantitative estimate of drug-likeness (QED) is 0.716. The Balaban J connectivity index is 4.61. The SMILES string of the molecule is CCOC(=O)CC[C@@H](NC(=O)C(C)(C)C)C(=O)OCC. The van der Waals surface area contributed by atoms with Crippen LogP contribution in [0.1, 0.15) is 47.5 Å². The average molecular weight is 287 g/mol. The van der Waals surface area contributed by atoms with Gasteiger partial charge in [-0.3, -0.25) is 9.59 Å². The number of esters is 2. The molecule has 0 saturated heterocycles. The van der Waals surface area contributed by atoms with Crippen LogP contribution in [0.3, 0.4) is 0 Å². The first kappa shape index (κ1) is 18.4. The maximum atomic E-state index is 11.9. The molecule has 0 aliphatic heterocycles. The fourth-order valence-corrected chi connectivity index (χ4v) is 1.36. The minimum atomic E-state index is -0.828. The van der Waals surface area contributed by atoms with Crippen molar-refractivity contribution >= 4 is 17.8 Å². The van der Waals surface area contributed by atoms with Gasteiger partial charge in [-0.25, -0.2) is 4.79 Å². The Morgan fingerprint density at radius 1 is 1.05 bits per heavy atom. The Kier molecular flexibility index (Phi) is 7.87. The number of amides is 1. The molecule has 0 radical (unpaired) electrons. The summed E-state index contributed by atoms with van der Waals surface area (Å²) < 4.78 is 9.70. The van der Waals surface area contributed by atoms with Gasteiger partial charge in [0.05, 0.1) is 13.2 Å². The Hall–Kier alpha value is -1.59. The molecule has 0 spiro atoms. The van der Waals surface area contributed by atoms with Crippen molar-refractivity contribution in [3.8, 4) is 0 Å². The molecular formula is C14H25NO5. The molecule has 1 N–H and O–H groups in total. The first-order valence-electron chi connectivity index (χ1n) is 6.85. The summed E-state index contributed by atoms with van der Waals surface area (Å²) in [5.74, 6) is -1.19. The van der Waals surface area contributed by atoms with Crippen LogP contribution in [0.5, 0.6) is 0 Å². The van der Waals surface area contributed by atoms with Gasteiger partial charge in [0.1, 0.15) is 6.04 Å². The highest BCUT2D eigenvalue weighted by molar-refractivity contribution is 5.87. The molecular weight excluding hydrogens is 262 g/mol. The molecule has 0 heterocycles. The van der Waals surface area contributed by atoms with Crippen molar-refractivity contribution < 1.29 is 23.9 Å². The zero-order chi connectivity index (χ0) is 15.8. The summed E-state index contributed by atoms with van der Waals surface area (Å²) in [6.45, 7) is 9.15. The summed E-state index contributed by atoms with van der Waals surface area (Å²) >= 11 is 0.